The summed E-state index contributed by atoms with van der Waals surface area (Å²) in [4.78, 5) is 11.9. The molecule has 21 heavy (non-hydrogen) atoms. The molecule has 1 amide bonds. The molecule has 1 unspecified atom stereocenters. The van der Waals surface area contributed by atoms with Crippen molar-refractivity contribution < 1.29 is 18.7 Å². The molecule has 0 saturated heterocycles. The van der Waals surface area contributed by atoms with Crippen molar-refractivity contribution in [2.75, 3.05) is 5.32 Å². The van der Waals surface area contributed by atoms with Crippen molar-refractivity contribution in [2.24, 2.45) is 5.73 Å². The van der Waals surface area contributed by atoms with E-state index in [4.69, 9.17) is 10.8 Å². The number of phenolic OH excluding ortho intramolecular Hbond substituents is 1. The van der Waals surface area contributed by atoms with Crippen LogP contribution in [0.5, 0.6) is 5.75 Å². The molecule has 0 bridgehead atoms. The largest absolute Gasteiger partial charge is 0.508 e. The van der Waals surface area contributed by atoms with Gasteiger partial charge in [-0.15, -0.1) is 0 Å². The maximum absolute atomic E-state index is 13.4. The fourth-order valence-corrected chi connectivity index (χ4v) is 1.81. The number of anilines is 1. The minimum atomic E-state index is -0.964. The molecule has 4 nitrogen and oxygen atoms in total. The van der Waals surface area contributed by atoms with E-state index in [0.717, 1.165) is 17.7 Å². The molecule has 0 aliphatic heterocycles. The first-order valence-corrected chi connectivity index (χ1v) is 6.25. The second kappa shape index (κ2) is 6.32. The van der Waals surface area contributed by atoms with Crippen molar-refractivity contribution >= 4 is 11.6 Å². The summed E-state index contributed by atoms with van der Waals surface area (Å²) < 4.78 is 26.8. The van der Waals surface area contributed by atoms with E-state index in [2.05, 4.69) is 5.32 Å². The Kier molecular flexibility index (Phi) is 4.49. The predicted molar refractivity (Wildman–Crippen MR) is 74.8 cm³/mol. The molecule has 2 aromatic rings. The van der Waals surface area contributed by atoms with Crippen molar-refractivity contribution in [3.63, 3.8) is 0 Å². The van der Waals surface area contributed by atoms with Crippen LogP contribution in [-0.2, 0) is 11.2 Å². The Morgan fingerprint density at radius 1 is 1.14 bits per heavy atom. The first-order valence-electron chi connectivity index (χ1n) is 6.25. The maximum atomic E-state index is 13.4. The topological polar surface area (TPSA) is 75.3 Å². The third-order valence-corrected chi connectivity index (χ3v) is 2.94. The van der Waals surface area contributed by atoms with E-state index in [9.17, 15) is 13.6 Å². The predicted octanol–water partition coefficient (Wildman–Crippen LogP) is 2.18. The van der Waals surface area contributed by atoms with E-state index in [1.165, 1.54) is 18.2 Å². The molecule has 0 aliphatic rings. The van der Waals surface area contributed by atoms with Gasteiger partial charge >= 0.3 is 0 Å². The first kappa shape index (κ1) is 14.9. The van der Waals surface area contributed by atoms with Crippen LogP contribution >= 0.6 is 0 Å². The number of rotatable bonds is 4. The Morgan fingerprint density at radius 2 is 1.71 bits per heavy atom. The highest BCUT2D eigenvalue weighted by atomic mass is 19.1. The quantitative estimate of drug-likeness (QED) is 0.808. The Hall–Kier alpha value is -2.47. The number of carbonyl (C=O) groups excluding carboxylic acids is 1. The smallest absolute Gasteiger partial charge is 0.241 e. The molecule has 0 spiro atoms. The zero-order valence-electron chi connectivity index (χ0n) is 11.0. The Balaban J connectivity index is 2.04. The SMILES string of the molecule is NC(Cc1ccc(O)cc1)C(=O)Nc1c(F)cccc1F. The van der Waals surface area contributed by atoms with Crippen molar-refractivity contribution in [2.45, 2.75) is 12.5 Å². The Bertz CT molecular complexity index is 624. The number of para-hydroxylation sites is 1. The van der Waals surface area contributed by atoms with Gasteiger partial charge in [-0.25, -0.2) is 8.78 Å². The van der Waals surface area contributed by atoms with Crippen LogP contribution < -0.4 is 11.1 Å². The molecule has 1 atom stereocenters. The zero-order chi connectivity index (χ0) is 15.4. The summed E-state index contributed by atoms with van der Waals surface area (Å²) in [7, 11) is 0. The number of benzene rings is 2. The summed E-state index contributed by atoms with van der Waals surface area (Å²) >= 11 is 0. The van der Waals surface area contributed by atoms with Gasteiger partial charge in [0.1, 0.15) is 23.1 Å². The number of hydrogen-bond acceptors (Lipinski definition) is 3. The van der Waals surface area contributed by atoms with Gasteiger partial charge < -0.3 is 16.2 Å². The molecule has 0 radical (unpaired) electrons. The van der Waals surface area contributed by atoms with Crippen LogP contribution in [-0.4, -0.2) is 17.1 Å². The van der Waals surface area contributed by atoms with Gasteiger partial charge in [-0.05, 0) is 36.2 Å². The summed E-state index contributed by atoms with van der Waals surface area (Å²) in [5, 5.41) is 11.3. The molecule has 0 saturated carbocycles. The number of aromatic hydroxyl groups is 1. The van der Waals surface area contributed by atoms with Crippen LogP contribution in [0.4, 0.5) is 14.5 Å². The second-order valence-electron chi connectivity index (χ2n) is 4.56. The van der Waals surface area contributed by atoms with Gasteiger partial charge in [0, 0.05) is 0 Å². The average molecular weight is 292 g/mol. The number of phenols is 1. The number of nitrogens with two attached hydrogens (primary N) is 1. The van der Waals surface area contributed by atoms with Gasteiger partial charge in [0.25, 0.3) is 0 Å². The molecule has 2 aromatic carbocycles. The molecule has 0 aromatic heterocycles. The van der Waals surface area contributed by atoms with Gasteiger partial charge in [-0.3, -0.25) is 4.79 Å². The number of halogens is 2. The molecule has 2 rings (SSSR count). The van der Waals surface area contributed by atoms with Crippen LogP contribution in [0.1, 0.15) is 5.56 Å². The summed E-state index contributed by atoms with van der Waals surface area (Å²) in [5.41, 5.74) is 5.93. The highest BCUT2D eigenvalue weighted by Crippen LogP contribution is 2.18. The van der Waals surface area contributed by atoms with Crippen LogP contribution in [0.3, 0.4) is 0 Å². The molecule has 0 heterocycles. The van der Waals surface area contributed by atoms with E-state index >= 15 is 0 Å². The first-order chi connectivity index (χ1) is 9.97. The van der Waals surface area contributed by atoms with Gasteiger partial charge in [0.2, 0.25) is 5.91 Å². The Labute approximate surface area is 120 Å². The number of nitrogens with one attached hydrogen (secondary N) is 1. The van der Waals surface area contributed by atoms with E-state index in [-0.39, 0.29) is 12.2 Å². The fraction of sp³-hybridized carbons (Fsp3) is 0.133. The average Bonchev–Trinajstić information content (AvgIpc) is 2.45. The van der Waals surface area contributed by atoms with E-state index in [1.807, 2.05) is 0 Å². The van der Waals surface area contributed by atoms with E-state index in [0.29, 0.717) is 0 Å². The van der Waals surface area contributed by atoms with Crippen LogP contribution in [0.2, 0.25) is 0 Å². The molecule has 6 heteroatoms. The van der Waals surface area contributed by atoms with Gasteiger partial charge in [-0.2, -0.15) is 0 Å². The standard InChI is InChI=1S/C15H14F2N2O2/c16-11-2-1-3-12(17)14(11)19-15(21)13(18)8-9-4-6-10(20)7-5-9/h1-7,13,20H,8,18H2,(H,19,21). The van der Waals surface area contributed by atoms with Gasteiger partial charge in [0.05, 0.1) is 6.04 Å². The zero-order valence-corrected chi connectivity index (χ0v) is 11.0. The molecule has 110 valence electrons. The van der Waals surface area contributed by atoms with Crippen molar-refractivity contribution in [3.8, 4) is 5.75 Å². The lowest BCUT2D eigenvalue weighted by Crippen LogP contribution is -2.37. The van der Waals surface area contributed by atoms with Crippen molar-refractivity contribution in [1.29, 1.82) is 0 Å². The number of hydrogen-bond donors (Lipinski definition) is 3. The van der Waals surface area contributed by atoms with Gasteiger partial charge in [-0.1, -0.05) is 18.2 Å². The fourth-order valence-electron chi connectivity index (χ4n) is 1.81. The maximum Gasteiger partial charge on any atom is 0.241 e. The Morgan fingerprint density at radius 3 is 2.29 bits per heavy atom. The minimum Gasteiger partial charge on any atom is -0.508 e. The summed E-state index contributed by atoms with van der Waals surface area (Å²) in [6.45, 7) is 0. The van der Waals surface area contributed by atoms with E-state index < -0.39 is 29.3 Å². The summed E-state index contributed by atoms with van der Waals surface area (Å²) in [6.07, 6.45) is 0.183. The van der Waals surface area contributed by atoms with Crippen LogP contribution in [0.25, 0.3) is 0 Å². The lowest BCUT2D eigenvalue weighted by atomic mass is 10.1. The monoisotopic (exact) mass is 292 g/mol. The summed E-state index contributed by atoms with van der Waals surface area (Å²) in [5.74, 6) is -2.31. The molecule has 4 N–H and O–H groups in total. The lowest BCUT2D eigenvalue weighted by Gasteiger charge is -2.13. The van der Waals surface area contributed by atoms with Crippen LogP contribution in [0, 0.1) is 11.6 Å². The highest BCUT2D eigenvalue weighted by Gasteiger charge is 2.18. The number of carbonyl (C=O) groups is 1. The van der Waals surface area contributed by atoms with Crippen LogP contribution in [0.15, 0.2) is 42.5 Å². The second-order valence-corrected chi connectivity index (χ2v) is 4.56. The third kappa shape index (κ3) is 3.76. The normalized spacial score (nSPS) is 12.0. The van der Waals surface area contributed by atoms with E-state index in [1.54, 1.807) is 12.1 Å². The third-order valence-electron chi connectivity index (χ3n) is 2.94. The highest BCUT2D eigenvalue weighted by molar-refractivity contribution is 5.95. The number of amides is 1. The minimum absolute atomic E-state index is 0.102. The summed E-state index contributed by atoms with van der Waals surface area (Å²) in [6, 6.07) is 8.50. The van der Waals surface area contributed by atoms with Crippen molar-refractivity contribution in [1.82, 2.24) is 0 Å². The lowest BCUT2D eigenvalue weighted by molar-refractivity contribution is -0.117. The molecular formula is C15H14F2N2O2. The molecular weight excluding hydrogens is 278 g/mol. The van der Waals surface area contributed by atoms with Crippen molar-refractivity contribution in [3.05, 3.63) is 59.7 Å². The molecule has 0 aliphatic carbocycles. The molecule has 0 fully saturated rings. The van der Waals surface area contributed by atoms with Gasteiger partial charge in [0.15, 0.2) is 0 Å².